The Bertz CT molecular complexity index is 339. The summed E-state index contributed by atoms with van der Waals surface area (Å²) in [6.45, 7) is 1.75. The molecule has 13 heavy (non-hydrogen) atoms. The van der Waals surface area contributed by atoms with Crippen molar-refractivity contribution in [2.24, 2.45) is 0 Å². The molecule has 1 fully saturated rings. The van der Waals surface area contributed by atoms with Crippen LogP contribution in [-0.2, 0) is 11.2 Å². The van der Waals surface area contributed by atoms with Crippen molar-refractivity contribution < 1.29 is 14.3 Å². The van der Waals surface area contributed by atoms with E-state index >= 15 is 0 Å². The van der Waals surface area contributed by atoms with E-state index in [4.69, 9.17) is 9.52 Å². The van der Waals surface area contributed by atoms with Crippen LogP contribution in [-0.4, -0.2) is 16.1 Å². The Morgan fingerprint density at radius 3 is 2.92 bits per heavy atom. The molecule has 0 aromatic carbocycles. The van der Waals surface area contributed by atoms with Crippen LogP contribution in [0, 0.1) is 6.92 Å². The minimum atomic E-state index is -0.852. The van der Waals surface area contributed by atoms with E-state index in [1.807, 2.05) is 0 Å². The summed E-state index contributed by atoms with van der Waals surface area (Å²) in [5.41, 5.74) is 0.604. The average molecular weight is 181 g/mol. The molecule has 1 heterocycles. The van der Waals surface area contributed by atoms with Gasteiger partial charge in [-0.2, -0.15) is 0 Å². The number of nitrogens with zero attached hydrogens (tertiary/aromatic N) is 1. The van der Waals surface area contributed by atoms with Crippen LogP contribution in [0.3, 0.4) is 0 Å². The number of aromatic nitrogens is 1. The number of oxazole rings is 1. The van der Waals surface area contributed by atoms with Gasteiger partial charge in [-0.1, -0.05) is 0 Å². The molecule has 0 amide bonds. The van der Waals surface area contributed by atoms with E-state index in [0.717, 1.165) is 18.6 Å². The normalized spacial score (nSPS) is 16.1. The fourth-order valence-corrected chi connectivity index (χ4v) is 1.42. The summed E-state index contributed by atoms with van der Waals surface area (Å²) in [6.07, 6.45) is 2.17. The molecule has 0 bridgehead atoms. The number of carbonyl (C=O) groups is 1. The molecule has 1 aliphatic rings. The third-order valence-corrected chi connectivity index (χ3v) is 2.10. The lowest BCUT2D eigenvalue weighted by molar-refractivity contribution is -0.136. The van der Waals surface area contributed by atoms with Crippen LogP contribution in [0.15, 0.2) is 4.42 Å². The fourth-order valence-electron chi connectivity index (χ4n) is 1.42. The molecule has 1 N–H and O–H groups in total. The fraction of sp³-hybridized carbons (Fsp3) is 0.556. The first-order chi connectivity index (χ1) is 6.16. The Labute approximate surface area is 75.6 Å². The highest BCUT2D eigenvalue weighted by Gasteiger charge is 2.31. The second kappa shape index (κ2) is 2.87. The Hall–Kier alpha value is -1.32. The van der Waals surface area contributed by atoms with Crippen LogP contribution >= 0.6 is 0 Å². The van der Waals surface area contributed by atoms with E-state index in [1.165, 1.54) is 0 Å². The maximum Gasteiger partial charge on any atom is 0.309 e. The van der Waals surface area contributed by atoms with Gasteiger partial charge < -0.3 is 9.52 Å². The van der Waals surface area contributed by atoms with E-state index in [2.05, 4.69) is 4.98 Å². The first-order valence-electron chi connectivity index (χ1n) is 4.35. The highest BCUT2D eigenvalue weighted by atomic mass is 16.4. The van der Waals surface area contributed by atoms with Gasteiger partial charge in [-0.25, -0.2) is 4.98 Å². The number of aryl methyl sites for hydroxylation is 1. The van der Waals surface area contributed by atoms with Crippen LogP contribution < -0.4 is 0 Å². The molecule has 0 spiro atoms. The lowest BCUT2D eigenvalue weighted by Gasteiger charge is -1.93. The summed E-state index contributed by atoms with van der Waals surface area (Å²) in [6, 6.07) is 0. The van der Waals surface area contributed by atoms with Gasteiger partial charge in [-0.15, -0.1) is 0 Å². The van der Waals surface area contributed by atoms with Gasteiger partial charge in [0, 0.05) is 12.8 Å². The Balaban J connectivity index is 2.25. The van der Waals surface area contributed by atoms with Crippen LogP contribution in [0.5, 0.6) is 0 Å². The zero-order valence-electron chi connectivity index (χ0n) is 7.41. The molecule has 4 heteroatoms. The SMILES string of the molecule is Cc1nc(CC(=O)O)c(C2CC2)o1. The quantitative estimate of drug-likeness (QED) is 0.767. The number of carboxylic acid groups (broad SMARTS) is 1. The van der Waals surface area contributed by atoms with E-state index < -0.39 is 5.97 Å². The molecule has 1 aliphatic carbocycles. The van der Waals surface area contributed by atoms with Crippen molar-refractivity contribution in [2.75, 3.05) is 0 Å². The summed E-state index contributed by atoms with van der Waals surface area (Å²) >= 11 is 0. The van der Waals surface area contributed by atoms with Crippen molar-refractivity contribution in [3.8, 4) is 0 Å². The molecule has 1 aromatic rings. The molecule has 0 radical (unpaired) electrons. The molecule has 1 saturated carbocycles. The minimum absolute atomic E-state index is 0.0246. The summed E-state index contributed by atoms with van der Waals surface area (Å²) < 4.78 is 5.36. The summed E-state index contributed by atoms with van der Waals surface area (Å²) in [5.74, 6) is 0.934. The molecular formula is C9H11NO3. The van der Waals surface area contributed by atoms with Gasteiger partial charge in [0.15, 0.2) is 5.89 Å². The van der Waals surface area contributed by atoms with Gasteiger partial charge in [0.1, 0.15) is 5.76 Å². The van der Waals surface area contributed by atoms with Crippen LogP contribution in [0.2, 0.25) is 0 Å². The molecule has 2 rings (SSSR count). The molecule has 0 aliphatic heterocycles. The van der Waals surface area contributed by atoms with Gasteiger partial charge in [-0.3, -0.25) is 4.79 Å². The lowest BCUT2D eigenvalue weighted by Crippen LogP contribution is -2.02. The van der Waals surface area contributed by atoms with Gasteiger partial charge in [0.2, 0.25) is 0 Å². The largest absolute Gasteiger partial charge is 0.481 e. The standard InChI is InChI=1S/C9H11NO3/c1-5-10-7(4-8(11)12)9(13-5)6-2-3-6/h6H,2-4H2,1H3,(H,11,12). The number of hydrogen-bond acceptors (Lipinski definition) is 3. The third kappa shape index (κ3) is 1.71. The topological polar surface area (TPSA) is 63.3 Å². The van der Waals surface area contributed by atoms with Crippen molar-refractivity contribution in [2.45, 2.75) is 32.1 Å². The highest BCUT2D eigenvalue weighted by molar-refractivity contribution is 5.69. The maximum atomic E-state index is 10.5. The van der Waals surface area contributed by atoms with Crippen molar-refractivity contribution in [3.63, 3.8) is 0 Å². The molecule has 0 unspecified atom stereocenters. The molecular weight excluding hydrogens is 170 g/mol. The van der Waals surface area contributed by atoms with Crippen LogP contribution in [0.1, 0.15) is 36.1 Å². The van der Waals surface area contributed by atoms with Crippen molar-refractivity contribution in [3.05, 3.63) is 17.3 Å². The maximum absolute atomic E-state index is 10.5. The monoisotopic (exact) mass is 181 g/mol. The van der Waals surface area contributed by atoms with Crippen molar-refractivity contribution in [1.82, 2.24) is 4.98 Å². The van der Waals surface area contributed by atoms with E-state index in [9.17, 15) is 4.79 Å². The number of hydrogen-bond donors (Lipinski definition) is 1. The van der Waals surface area contributed by atoms with Gasteiger partial charge in [-0.05, 0) is 12.8 Å². The van der Waals surface area contributed by atoms with Crippen molar-refractivity contribution >= 4 is 5.97 Å². The molecule has 4 nitrogen and oxygen atoms in total. The van der Waals surface area contributed by atoms with Crippen LogP contribution in [0.4, 0.5) is 0 Å². The smallest absolute Gasteiger partial charge is 0.309 e. The Morgan fingerprint density at radius 1 is 1.69 bits per heavy atom. The predicted octanol–water partition coefficient (Wildman–Crippen LogP) is 1.49. The molecule has 1 aromatic heterocycles. The molecule has 0 saturated heterocycles. The average Bonchev–Trinajstić information content (AvgIpc) is 2.77. The summed E-state index contributed by atoms with van der Waals surface area (Å²) in [5, 5.41) is 8.62. The highest BCUT2D eigenvalue weighted by Crippen LogP contribution is 2.42. The number of rotatable bonds is 3. The third-order valence-electron chi connectivity index (χ3n) is 2.10. The lowest BCUT2D eigenvalue weighted by atomic mass is 10.2. The second-order valence-electron chi connectivity index (χ2n) is 3.39. The minimum Gasteiger partial charge on any atom is -0.481 e. The summed E-state index contributed by atoms with van der Waals surface area (Å²) in [4.78, 5) is 14.6. The molecule has 0 atom stereocenters. The summed E-state index contributed by atoms with van der Waals surface area (Å²) in [7, 11) is 0. The van der Waals surface area contributed by atoms with E-state index in [-0.39, 0.29) is 6.42 Å². The number of aliphatic carboxylic acids is 1. The van der Waals surface area contributed by atoms with Gasteiger partial charge >= 0.3 is 5.97 Å². The first-order valence-corrected chi connectivity index (χ1v) is 4.35. The first kappa shape index (κ1) is 8.29. The van der Waals surface area contributed by atoms with Gasteiger partial charge in [0.05, 0.1) is 12.1 Å². The second-order valence-corrected chi connectivity index (χ2v) is 3.39. The van der Waals surface area contributed by atoms with E-state index in [1.54, 1.807) is 6.92 Å². The van der Waals surface area contributed by atoms with Crippen LogP contribution in [0.25, 0.3) is 0 Å². The van der Waals surface area contributed by atoms with Crippen molar-refractivity contribution in [1.29, 1.82) is 0 Å². The van der Waals surface area contributed by atoms with Gasteiger partial charge in [0.25, 0.3) is 0 Å². The Morgan fingerprint density at radius 2 is 2.38 bits per heavy atom. The molecule has 70 valence electrons. The zero-order chi connectivity index (χ0) is 9.42. The zero-order valence-corrected chi connectivity index (χ0v) is 7.41. The van der Waals surface area contributed by atoms with E-state index in [0.29, 0.717) is 17.5 Å². The predicted molar refractivity (Wildman–Crippen MR) is 44.6 cm³/mol. The number of carboxylic acids is 1. The Kier molecular flexibility index (Phi) is 1.83.